The number of amides is 1. The molecule has 1 atom stereocenters. The number of benzene rings is 2. The second-order valence-corrected chi connectivity index (χ2v) is 6.71. The maximum Gasteiger partial charge on any atom is 0.221 e. The van der Waals surface area contributed by atoms with Gasteiger partial charge in [0.15, 0.2) is 11.5 Å². The van der Waals surface area contributed by atoms with Crippen LogP contribution in [0.3, 0.4) is 0 Å². The Kier molecular flexibility index (Phi) is 7.32. The van der Waals surface area contributed by atoms with Crippen LogP contribution in [0.1, 0.15) is 24.5 Å². The fourth-order valence-electron chi connectivity index (χ4n) is 2.65. The van der Waals surface area contributed by atoms with Crippen molar-refractivity contribution in [3.63, 3.8) is 0 Å². The first-order valence-electron chi connectivity index (χ1n) is 8.63. The molecule has 0 aliphatic carbocycles. The Balaban J connectivity index is 2.02. The van der Waals surface area contributed by atoms with Crippen molar-refractivity contribution in [2.75, 3.05) is 13.7 Å². The molecule has 2 rings (SSSR count). The van der Waals surface area contributed by atoms with E-state index in [2.05, 4.69) is 17.3 Å². The summed E-state index contributed by atoms with van der Waals surface area (Å²) >= 11 is 5.89. The van der Waals surface area contributed by atoms with Gasteiger partial charge in [0.1, 0.15) is 12.1 Å². The van der Waals surface area contributed by atoms with Crippen LogP contribution in [0.25, 0.3) is 0 Å². The minimum atomic E-state index is -1.13. The third-order valence-corrected chi connectivity index (χ3v) is 4.47. The Labute approximate surface area is 170 Å². The maximum atomic E-state index is 12.4. The van der Waals surface area contributed by atoms with Crippen LogP contribution >= 0.6 is 11.6 Å². The third-order valence-electron chi connectivity index (χ3n) is 4.21. The second-order valence-electron chi connectivity index (χ2n) is 6.27. The van der Waals surface area contributed by atoms with Gasteiger partial charge in [-0.3, -0.25) is 4.79 Å². The van der Waals surface area contributed by atoms with Crippen LogP contribution in [-0.4, -0.2) is 19.6 Å². The maximum absolute atomic E-state index is 12.4. The summed E-state index contributed by atoms with van der Waals surface area (Å²) in [6.45, 7) is 1.81. The van der Waals surface area contributed by atoms with Gasteiger partial charge in [-0.2, -0.15) is 5.26 Å². The highest BCUT2D eigenvalue weighted by Gasteiger charge is 2.28. The predicted octanol–water partition coefficient (Wildman–Crippen LogP) is 3.85. The predicted molar refractivity (Wildman–Crippen MR) is 108 cm³/mol. The molecular formula is C22H21ClN2O3. The van der Waals surface area contributed by atoms with E-state index in [1.54, 1.807) is 44.4 Å². The SMILES string of the molecule is C#CCOc1ccc(CCC(=O)NC(C)(C#N)c2ccc(Cl)cc2)cc1OC. The molecule has 0 fully saturated rings. The van der Waals surface area contributed by atoms with E-state index in [1.165, 1.54) is 0 Å². The van der Waals surface area contributed by atoms with Crippen LogP contribution in [0, 0.1) is 23.7 Å². The fraction of sp³-hybridized carbons (Fsp3) is 0.273. The largest absolute Gasteiger partial charge is 0.493 e. The molecule has 0 aromatic heterocycles. The lowest BCUT2D eigenvalue weighted by atomic mass is 9.93. The summed E-state index contributed by atoms with van der Waals surface area (Å²) < 4.78 is 10.7. The van der Waals surface area contributed by atoms with Gasteiger partial charge in [-0.1, -0.05) is 35.7 Å². The Morgan fingerprint density at radius 3 is 2.57 bits per heavy atom. The summed E-state index contributed by atoms with van der Waals surface area (Å²) in [6, 6.07) is 14.4. The number of hydrogen-bond donors (Lipinski definition) is 1. The van der Waals surface area contributed by atoms with Crippen molar-refractivity contribution in [3.8, 4) is 29.9 Å². The van der Waals surface area contributed by atoms with Crippen molar-refractivity contribution in [1.82, 2.24) is 5.32 Å². The van der Waals surface area contributed by atoms with Gasteiger partial charge in [0.05, 0.1) is 13.2 Å². The lowest BCUT2D eigenvalue weighted by Crippen LogP contribution is -2.42. The quantitative estimate of drug-likeness (QED) is 0.688. The molecule has 144 valence electrons. The number of halogens is 1. The van der Waals surface area contributed by atoms with Gasteiger partial charge >= 0.3 is 0 Å². The molecule has 2 aromatic carbocycles. The number of hydrogen-bond acceptors (Lipinski definition) is 4. The first-order chi connectivity index (χ1) is 13.4. The van der Waals surface area contributed by atoms with E-state index in [0.717, 1.165) is 5.56 Å². The highest BCUT2D eigenvalue weighted by atomic mass is 35.5. The zero-order valence-electron chi connectivity index (χ0n) is 15.8. The lowest BCUT2D eigenvalue weighted by molar-refractivity contribution is -0.122. The van der Waals surface area contributed by atoms with E-state index < -0.39 is 5.54 Å². The van der Waals surface area contributed by atoms with E-state index in [-0.39, 0.29) is 18.9 Å². The first kappa shape index (κ1) is 21.2. The second kappa shape index (κ2) is 9.69. The summed E-state index contributed by atoms with van der Waals surface area (Å²) in [6.07, 6.45) is 5.91. The lowest BCUT2D eigenvalue weighted by Gasteiger charge is -2.24. The van der Waals surface area contributed by atoms with Gasteiger partial charge < -0.3 is 14.8 Å². The molecule has 5 nitrogen and oxygen atoms in total. The number of aryl methyl sites for hydroxylation is 1. The molecule has 28 heavy (non-hydrogen) atoms. The molecule has 2 aromatic rings. The summed E-state index contributed by atoms with van der Waals surface area (Å²) in [5, 5.41) is 12.9. The average molecular weight is 397 g/mol. The van der Waals surface area contributed by atoms with Crippen LogP contribution in [0.4, 0.5) is 0 Å². The number of methoxy groups -OCH3 is 1. The Hall–Kier alpha value is -3.15. The Morgan fingerprint density at radius 1 is 1.25 bits per heavy atom. The van der Waals surface area contributed by atoms with E-state index >= 15 is 0 Å². The molecule has 6 heteroatoms. The number of nitrogens with one attached hydrogen (secondary N) is 1. The molecule has 0 bridgehead atoms. The van der Waals surface area contributed by atoms with Crippen LogP contribution in [0.15, 0.2) is 42.5 Å². The van der Waals surface area contributed by atoms with Crippen molar-refractivity contribution in [2.45, 2.75) is 25.3 Å². The number of ether oxygens (including phenoxy) is 2. The standard InChI is InChI=1S/C22H21ClN2O3/c1-4-13-28-19-11-5-16(14-20(19)27-3)6-12-21(26)25-22(2,15-24)17-7-9-18(23)10-8-17/h1,5,7-11,14H,6,12-13H2,2-3H3,(H,25,26). The zero-order valence-corrected chi connectivity index (χ0v) is 16.5. The first-order valence-corrected chi connectivity index (χ1v) is 9.01. The van der Waals surface area contributed by atoms with Crippen LogP contribution in [0.5, 0.6) is 11.5 Å². The number of rotatable bonds is 8. The molecule has 0 spiro atoms. The van der Waals surface area contributed by atoms with Gasteiger partial charge in [-0.25, -0.2) is 0 Å². The number of carbonyl (C=O) groups is 1. The summed E-state index contributed by atoms with van der Waals surface area (Å²) in [7, 11) is 1.54. The third kappa shape index (κ3) is 5.42. The minimum absolute atomic E-state index is 0.148. The van der Waals surface area contributed by atoms with Crippen molar-refractivity contribution >= 4 is 17.5 Å². The van der Waals surface area contributed by atoms with Crippen molar-refractivity contribution < 1.29 is 14.3 Å². The molecule has 0 saturated carbocycles. The molecule has 0 aliphatic heterocycles. The summed E-state index contributed by atoms with van der Waals surface area (Å²) in [5.74, 6) is 3.27. The van der Waals surface area contributed by atoms with E-state index in [0.29, 0.717) is 28.5 Å². The van der Waals surface area contributed by atoms with Crippen molar-refractivity contribution in [2.24, 2.45) is 0 Å². The van der Waals surface area contributed by atoms with Crippen LogP contribution in [0.2, 0.25) is 5.02 Å². The molecule has 0 radical (unpaired) electrons. The monoisotopic (exact) mass is 396 g/mol. The Bertz CT molecular complexity index is 913. The molecule has 1 N–H and O–H groups in total. The van der Waals surface area contributed by atoms with Gasteiger partial charge in [-0.15, -0.1) is 6.42 Å². The number of terminal acetylenes is 1. The van der Waals surface area contributed by atoms with Crippen molar-refractivity contribution in [1.29, 1.82) is 5.26 Å². The zero-order chi connectivity index (χ0) is 20.6. The molecule has 0 saturated heterocycles. The summed E-state index contributed by atoms with van der Waals surface area (Å²) in [5.41, 5.74) is 0.446. The van der Waals surface area contributed by atoms with Crippen molar-refractivity contribution in [3.05, 3.63) is 58.6 Å². The number of nitriles is 1. The van der Waals surface area contributed by atoms with E-state index in [4.69, 9.17) is 27.5 Å². The van der Waals surface area contributed by atoms with Gasteiger partial charge in [0.25, 0.3) is 0 Å². The smallest absolute Gasteiger partial charge is 0.221 e. The topological polar surface area (TPSA) is 71.3 Å². The molecule has 1 unspecified atom stereocenters. The minimum Gasteiger partial charge on any atom is -0.493 e. The van der Waals surface area contributed by atoms with E-state index in [9.17, 15) is 10.1 Å². The van der Waals surface area contributed by atoms with Gasteiger partial charge in [0, 0.05) is 11.4 Å². The number of nitrogens with zero attached hydrogens (tertiary/aromatic N) is 1. The molecule has 0 heterocycles. The molecule has 1 amide bonds. The van der Waals surface area contributed by atoms with Gasteiger partial charge in [0.2, 0.25) is 5.91 Å². The van der Waals surface area contributed by atoms with Crippen LogP contribution < -0.4 is 14.8 Å². The van der Waals surface area contributed by atoms with Crippen LogP contribution in [-0.2, 0) is 16.8 Å². The highest BCUT2D eigenvalue weighted by Crippen LogP contribution is 2.28. The molecule has 0 aliphatic rings. The van der Waals surface area contributed by atoms with Gasteiger partial charge in [-0.05, 0) is 48.7 Å². The fourth-order valence-corrected chi connectivity index (χ4v) is 2.78. The average Bonchev–Trinajstić information content (AvgIpc) is 2.71. The van der Waals surface area contributed by atoms with E-state index in [1.807, 2.05) is 12.1 Å². The highest BCUT2D eigenvalue weighted by molar-refractivity contribution is 6.30. The number of carbonyl (C=O) groups excluding carboxylic acids is 1. The normalized spacial score (nSPS) is 12.2. The summed E-state index contributed by atoms with van der Waals surface area (Å²) in [4.78, 5) is 12.4. The Morgan fingerprint density at radius 2 is 1.96 bits per heavy atom. The molecular weight excluding hydrogens is 376 g/mol.